The largest absolute Gasteiger partial charge is 0.304 e. The van der Waals surface area contributed by atoms with Crippen molar-refractivity contribution in [3.05, 3.63) is 11.8 Å². The van der Waals surface area contributed by atoms with Crippen LogP contribution in [-0.4, -0.2) is 32.6 Å². The minimum absolute atomic E-state index is 1.09. The molecule has 0 aromatic carbocycles. The first-order valence-electron chi connectivity index (χ1n) is 5.82. The molecular formula is C12H27NSi. The van der Waals surface area contributed by atoms with Gasteiger partial charge in [-0.3, -0.25) is 0 Å². The Bertz CT molecular complexity index is 171. The lowest BCUT2D eigenvalue weighted by Crippen LogP contribution is -2.30. The summed E-state index contributed by atoms with van der Waals surface area (Å²) in [5.41, 5.74) is 0. The molecular weight excluding hydrogens is 186 g/mol. The van der Waals surface area contributed by atoms with Crippen LogP contribution in [-0.2, 0) is 0 Å². The zero-order valence-electron chi connectivity index (χ0n) is 10.7. The number of allylic oxidation sites excluding steroid dienone is 1. The summed E-state index contributed by atoms with van der Waals surface area (Å²) in [6.45, 7) is 19.3. The highest BCUT2D eigenvalue weighted by molar-refractivity contribution is 6.84. The fourth-order valence-electron chi connectivity index (χ4n) is 1.50. The molecule has 0 rings (SSSR count). The van der Waals surface area contributed by atoms with Crippen molar-refractivity contribution in [2.75, 3.05) is 19.6 Å². The van der Waals surface area contributed by atoms with Gasteiger partial charge in [0.15, 0.2) is 0 Å². The molecule has 0 fully saturated rings. The van der Waals surface area contributed by atoms with E-state index in [-0.39, 0.29) is 0 Å². The van der Waals surface area contributed by atoms with Gasteiger partial charge >= 0.3 is 0 Å². The van der Waals surface area contributed by atoms with Crippen LogP contribution in [0.4, 0.5) is 0 Å². The van der Waals surface area contributed by atoms with Crippen LogP contribution in [0.3, 0.4) is 0 Å². The highest BCUT2D eigenvalue weighted by Gasteiger charge is 2.20. The molecule has 0 aliphatic rings. The van der Waals surface area contributed by atoms with Crippen molar-refractivity contribution in [3.63, 3.8) is 0 Å². The first kappa shape index (κ1) is 13.9. The Morgan fingerprint density at radius 3 is 2.07 bits per heavy atom. The minimum Gasteiger partial charge on any atom is -0.304 e. The van der Waals surface area contributed by atoms with E-state index in [0.29, 0.717) is 0 Å². The molecule has 0 aliphatic heterocycles. The summed E-state index contributed by atoms with van der Waals surface area (Å²) in [7, 11) is -1.09. The zero-order valence-corrected chi connectivity index (χ0v) is 11.7. The molecule has 0 bridgehead atoms. The van der Waals surface area contributed by atoms with Gasteiger partial charge in [-0.15, -0.1) is 6.58 Å². The maximum absolute atomic E-state index is 4.11. The van der Waals surface area contributed by atoms with Crippen LogP contribution in [0.15, 0.2) is 11.8 Å². The van der Waals surface area contributed by atoms with E-state index in [0.717, 1.165) is 0 Å². The fourth-order valence-corrected chi connectivity index (χ4v) is 2.97. The molecule has 0 N–H and O–H groups in total. The smallest absolute Gasteiger partial charge is 0.0743 e. The number of hydrogen-bond donors (Lipinski definition) is 0. The minimum atomic E-state index is -1.09. The molecule has 0 spiro atoms. The Kier molecular flexibility index (Phi) is 6.37. The Morgan fingerprint density at radius 2 is 1.71 bits per heavy atom. The van der Waals surface area contributed by atoms with Crippen molar-refractivity contribution in [2.24, 2.45) is 0 Å². The molecule has 0 aromatic heterocycles. The van der Waals surface area contributed by atoms with E-state index in [1.165, 1.54) is 37.3 Å². The summed E-state index contributed by atoms with van der Waals surface area (Å²) in [5.74, 6) is 0. The van der Waals surface area contributed by atoms with Gasteiger partial charge in [-0.05, 0) is 33.0 Å². The van der Waals surface area contributed by atoms with E-state index in [1.807, 2.05) is 0 Å². The molecule has 2 heteroatoms. The van der Waals surface area contributed by atoms with Crippen LogP contribution in [0.1, 0.15) is 27.2 Å². The second kappa shape index (κ2) is 6.41. The standard InChI is InChI=1S/C12H27NSi/c1-7-13(8-2)10-9-11-14(5,6)12(3)4/h3,7-11H2,1-2,4-6H3. The third-order valence-electron chi connectivity index (χ3n) is 3.33. The molecule has 0 heterocycles. The SMILES string of the molecule is C=C(C)[Si](C)(C)CCCN(CC)CC. The highest BCUT2D eigenvalue weighted by atomic mass is 28.3. The lowest BCUT2D eigenvalue weighted by molar-refractivity contribution is 0.304. The average molecular weight is 213 g/mol. The fraction of sp³-hybridized carbons (Fsp3) is 0.833. The maximum atomic E-state index is 4.11. The first-order chi connectivity index (χ1) is 6.44. The van der Waals surface area contributed by atoms with Gasteiger partial charge in [-0.25, -0.2) is 0 Å². The molecule has 0 atom stereocenters. The van der Waals surface area contributed by atoms with Gasteiger partial charge in [-0.2, -0.15) is 0 Å². The Balaban J connectivity index is 3.78. The van der Waals surface area contributed by atoms with E-state index in [1.54, 1.807) is 0 Å². The van der Waals surface area contributed by atoms with E-state index < -0.39 is 8.07 Å². The van der Waals surface area contributed by atoms with Crippen molar-refractivity contribution in [2.45, 2.75) is 46.3 Å². The van der Waals surface area contributed by atoms with Crippen LogP contribution < -0.4 is 0 Å². The highest BCUT2D eigenvalue weighted by Crippen LogP contribution is 2.19. The van der Waals surface area contributed by atoms with Crippen molar-refractivity contribution in [1.82, 2.24) is 4.90 Å². The van der Waals surface area contributed by atoms with Gasteiger partial charge in [0.1, 0.15) is 0 Å². The van der Waals surface area contributed by atoms with Crippen molar-refractivity contribution in [3.8, 4) is 0 Å². The molecule has 0 aromatic rings. The van der Waals surface area contributed by atoms with E-state index in [4.69, 9.17) is 0 Å². The van der Waals surface area contributed by atoms with E-state index in [2.05, 4.69) is 45.3 Å². The second-order valence-electron chi connectivity index (χ2n) is 4.79. The van der Waals surface area contributed by atoms with E-state index >= 15 is 0 Å². The van der Waals surface area contributed by atoms with Crippen LogP contribution in [0.5, 0.6) is 0 Å². The summed E-state index contributed by atoms with van der Waals surface area (Å²) < 4.78 is 0. The van der Waals surface area contributed by atoms with Gasteiger partial charge in [0.2, 0.25) is 0 Å². The lowest BCUT2D eigenvalue weighted by atomic mass is 10.4. The van der Waals surface area contributed by atoms with Crippen molar-refractivity contribution < 1.29 is 0 Å². The second-order valence-corrected chi connectivity index (χ2v) is 9.92. The van der Waals surface area contributed by atoms with Gasteiger partial charge in [0, 0.05) is 0 Å². The summed E-state index contributed by atoms with van der Waals surface area (Å²) in [4.78, 5) is 2.50. The number of nitrogens with zero attached hydrogens (tertiary/aromatic N) is 1. The van der Waals surface area contributed by atoms with Crippen LogP contribution >= 0.6 is 0 Å². The molecule has 0 amide bonds. The predicted octanol–water partition coefficient (Wildman–Crippen LogP) is 3.54. The van der Waals surface area contributed by atoms with Crippen molar-refractivity contribution in [1.29, 1.82) is 0 Å². The number of hydrogen-bond acceptors (Lipinski definition) is 1. The summed E-state index contributed by atoms with van der Waals surface area (Å²) in [6.07, 6.45) is 1.34. The number of rotatable bonds is 7. The summed E-state index contributed by atoms with van der Waals surface area (Å²) in [5, 5.41) is 1.44. The normalized spacial score (nSPS) is 12.1. The van der Waals surface area contributed by atoms with Gasteiger partial charge in [0.05, 0.1) is 8.07 Å². The monoisotopic (exact) mass is 213 g/mol. The Morgan fingerprint density at radius 1 is 1.21 bits per heavy atom. The van der Waals surface area contributed by atoms with Crippen molar-refractivity contribution >= 4 is 8.07 Å². The van der Waals surface area contributed by atoms with E-state index in [9.17, 15) is 0 Å². The lowest BCUT2D eigenvalue weighted by Gasteiger charge is -2.25. The molecule has 0 saturated carbocycles. The quantitative estimate of drug-likeness (QED) is 0.585. The van der Waals surface area contributed by atoms with Crippen LogP contribution in [0.2, 0.25) is 19.1 Å². The van der Waals surface area contributed by atoms with Gasteiger partial charge < -0.3 is 4.90 Å². The Hall–Kier alpha value is -0.0831. The first-order valence-corrected chi connectivity index (χ1v) is 9.03. The topological polar surface area (TPSA) is 3.24 Å². The molecule has 0 aliphatic carbocycles. The van der Waals surface area contributed by atoms with Gasteiger partial charge in [0.25, 0.3) is 0 Å². The molecule has 0 saturated heterocycles. The molecule has 0 radical (unpaired) electrons. The Labute approximate surface area is 91.2 Å². The van der Waals surface area contributed by atoms with Gasteiger partial charge in [-0.1, -0.05) is 38.2 Å². The van der Waals surface area contributed by atoms with Crippen LogP contribution in [0.25, 0.3) is 0 Å². The average Bonchev–Trinajstić information content (AvgIpc) is 2.12. The summed E-state index contributed by atoms with van der Waals surface area (Å²) >= 11 is 0. The predicted molar refractivity (Wildman–Crippen MR) is 69.5 cm³/mol. The van der Waals surface area contributed by atoms with Crippen LogP contribution in [0, 0.1) is 0 Å². The zero-order chi connectivity index (χ0) is 11.2. The molecule has 0 unspecified atom stereocenters. The molecule has 1 nitrogen and oxygen atoms in total. The molecule has 84 valence electrons. The third-order valence-corrected chi connectivity index (χ3v) is 7.24. The third kappa shape index (κ3) is 4.96. The molecule has 14 heavy (non-hydrogen) atoms. The maximum Gasteiger partial charge on any atom is 0.0743 e. The summed E-state index contributed by atoms with van der Waals surface area (Å²) in [6, 6.07) is 1.39.